The summed E-state index contributed by atoms with van der Waals surface area (Å²) in [5.74, 6) is -0.239. The smallest absolute Gasteiger partial charge is 0.347 e. The number of likely N-dealkylation sites (tertiary alicyclic amines) is 1. The van der Waals surface area contributed by atoms with Crippen LogP contribution in [0.5, 0.6) is 0 Å². The molecule has 6 nitrogen and oxygen atoms in total. The van der Waals surface area contributed by atoms with Crippen LogP contribution in [0.15, 0.2) is 0 Å². The Morgan fingerprint density at radius 3 is 2.91 bits per heavy atom. The van der Waals surface area contributed by atoms with Crippen molar-refractivity contribution in [3.05, 3.63) is 15.6 Å². The molecule has 1 aliphatic heterocycles. The van der Waals surface area contributed by atoms with Crippen molar-refractivity contribution >= 4 is 23.2 Å². The van der Waals surface area contributed by atoms with E-state index in [1.165, 1.54) is 24.2 Å². The van der Waals surface area contributed by atoms with E-state index in [1.54, 1.807) is 6.92 Å². The molecular weight excluding hydrogens is 314 g/mol. The summed E-state index contributed by atoms with van der Waals surface area (Å²) < 4.78 is 0. The molecule has 7 heteroatoms. The van der Waals surface area contributed by atoms with Crippen molar-refractivity contribution in [1.82, 2.24) is 15.2 Å². The average molecular weight is 339 g/mol. The number of hydrogen-bond donors (Lipinski definition) is 2. The van der Waals surface area contributed by atoms with Crippen molar-refractivity contribution in [2.75, 3.05) is 26.7 Å². The first-order chi connectivity index (χ1) is 11.0. The number of carbonyl (C=O) groups is 2. The summed E-state index contributed by atoms with van der Waals surface area (Å²) in [7, 11) is 2.13. The third kappa shape index (κ3) is 5.58. The Morgan fingerprint density at radius 1 is 1.48 bits per heavy atom. The summed E-state index contributed by atoms with van der Waals surface area (Å²) in [6.07, 6.45) is 4.52. The van der Waals surface area contributed by atoms with Gasteiger partial charge in [0.1, 0.15) is 4.88 Å². The maximum atomic E-state index is 11.9. The number of nitrogens with zero attached hydrogens (tertiary/aromatic N) is 2. The summed E-state index contributed by atoms with van der Waals surface area (Å²) in [5.41, 5.74) is 0.547. The zero-order valence-corrected chi connectivity index (χ0v) is 14.6. The molecule has 1 saturated heterocycles. The van der Waals surface area contributed by atoms with Gasteiger partial charge in [-0.3, -0.25) is 4.79 Å². The van der Waals surface area contributed by atoms with E-state index in [9.17, 15) is 9.59 Å². The molecule has 2 rings (SSSR count). The normalized spacial score (nSPS) is 18.8. The molecule has 2 N–H and O–H groups in total. The maximum absolute atomic E-state index is 11.9. The van der Waals surface area contributed by atoms with Crippen LogP contribution < -0.4 is 5.32 Å². The summed E-state index contributed by atoms with van der Waals surface area (Å²) in [4.78, 5) is 29.7. The number of hydrogen-bond acceptors (Lipinski definition) is 5. The fourth-order valence-electron chi connectivity index (χ4n) is 3.00. The number of aromatic nitrogens is 1. The van der Waals surface area contributed by atoms with Crippen molar-refractivity contribution in [3.8, 4) is 0 Å². The molecule has 0 spiro atoms. The molecule has 1 aromatic rings. The van der Waals surface area contributed by atoms with E-state index in [0.29, 0.717) is 31.0 Å². The number of aryl methyl sites for hydroxylation is 1. The zero-order chi connectivity index (χ0) is 16.8. The number of piperidine rings is 1. The highest BCUT2D eigenvalue weighted by molar-refractivity contribution is 7.13. The number of amides is 1. The summed E-state index contributed by atoms with van der Waals surface area (Å²) >= 11 is 1.19. The number of aromatic carboxylic acids is 1. The standard InChI is InChI=1S/C16H25N3O3S/c1-11-15(16(21)22)23-14(18-11)7-8-17-13(20)6-5-12-4-3-9-19(2)10-12/h12H,3-10H2,1-2H3,(H,17,20)(H,21,22)/t12-/m1/s1. The minimum atomic E-state index is -0.937. The van der Waals surface area contributed by atoms with Crippen LogP contribution in [0.3, 0.4) is 0 Å². The number of carboxylic acids is 1. The minimum absolute atomic E-state index is 0.0740. The van der Waals surface area contributed by atoms with Gasteiger partial charge in [-0.2, -0.15) is 0 Å². The molecule has 1 amide bonds. The topological polar surface area (TPSA) is 82.5 Å². The van der Waals surface area contributed by atoms with E-state index in [1.807, 2.05) is 0 Å². The second-order valence-corrected chi connectivity index (χ2v) is 7.32. The molecular formula is C16H25N3O3S. The second kappa shape index (κ2) is 8.40. The first kappa shape index (κ1) is 17.9. The van der Waals surface area contributed by atoms with E-state index < -0.39 is 5.97 Å². The number of carboxylic acid groups (broad SMARTS) is 1. The monoisotopic (exact) mass is 339 g/mol. The molecule has 2 heterocycles. The van der Waals surface area contributed by atoms with Crippen LogP contribution in [0.2, 0.25) is 0 Å². The molecule has 0 bridgehead atoms. The Bertz CT molecular complexity index is 559. The first-order valence-corrected chi connectivity index (χ1v) is 8.92. The van der Waals surface area contributed by atoms with Crippen LogP contribution >= 0.6 is 11.3 Å². The zero-order valence-electron chi connectivity index (χ0n) is 13.8. The van der Waals surface area contributed by atoms with E-state index in [4.69, 9.17) is 5.11 Å². The van der Waals surface area contributed by atoms with Gasteiger partial charge in [0.05, 0.1) is 10.7 Å². The third-order valence-corrected chi connectivity index (χ3v) is 5.40. The van der Waals surface area contributed by atoms with Crippen LogP contribution in [-0.4, -0.2) is 53.5 Å². The van der Waals surface area contributed by atoms with Gasteiger partial charge in [0.15, 0.2) is 0 Å². The molecule has 23 heavy (non-hydrogen) atoms. The lowest BCUT2D eigenvalue weighted by atomic mass is 9.93. The Kier molecular flexibility index (Phi) is 6.53. The SMILES string of the molecule is Cc1nc(CCNC(=O)CC[C@H]2CCCN(C)C2)sc1C(=O)O. The van der Waals surface area contributed by atoms with Gasteiger partial charge in [0.25, 0.3) is 0 Å². The average Bonchev–Trinajstić information content (AvgIpc) is 2.86. The highest BCUT2D eigenvalue weighted by Crippen LogP contribution is 2.20. The molecule has 1 fully saturated rings. The van der Waals surface area contributed by atoms with Crippen LogP contribution in [0.4, 0.5) is 0 Å². The van der Waals surface area contributed by atoms with Crippen molar-refractivity contribution < 1.29 is 14.7 Å². The summed E-state index contributed by atoms with van der Waals surface area (Å²) in [5, 5.41) is 12.7. The van der Waals surface area contributed by atoms with E-state index in [0.717, 1.165) is 24.5 Å². The van der Waals surface area contributed by atoms with E-state index in [-0.39, 0.29) is 10.8 Å². The number of rotatable bonds is 7. The molecule has 1 atom stereocenters. The second-order valence-electron chi connectivity index (χ2n) is 6.24. The molecule has 128 valence electrons. The van der Waals surface area contributed by atoms with E-state index >= 15 is 0 Å². The number of nitrogens with one attached hydrogen (secondary N) is 1. The largest absolute Gasteiger partial charge is 0.477 e. The number of carbonyl (C=O) groups excluding carboxylic acids is 1. The van der Waals surface area contributed by atoms with Gasteiger partial charge in [-0.15, -0.1) is 11.3 Å². The Labute approximate surface area is 140 Å². The Morgan fingerprint density at radius 2 is 2.26 bits per heavy atom. The van der Waals surface area contributed by atoms with Gasteiger partial charge in [-0.25, -0.2) is 9.78 Å². The highest BCUT2D eigenvalue weighted by atomic mass is 32.1. The van der Waals surface area contributed by atoms with Gasteiger partial charge in [0.2, 0.25) is 5.91 Å². The van der Waals surface area contributed by atoms with Crippen LogP contribution in [0.25, 0.3) is 0 Å². The molecule has 0 aromatic carbocycles. The molecule has 0 unspecified atom stereocenters. The Hall–Kier alpha value is -1.47. The van der Waals surface area contributed by atoms with Crippen LogP contribution in [-0.2, 0) is 11.2 Å². The molecule has 1 aromatic heterocycles. The lowest BCUT2D eigenvalue weighted by Gasteiger charge is -2.29. The van der Waals surface area contributed by atoms with Crippen molar-refractivity contribution in [3.63, 3.8) is 0 Å². The fraction of sp³-hybridized carbons (Fsp3) is 0.688. The molecule has 0 aliphatic carbocycles. The van der Waals surface area contributed by atoms with Crippen molar-refractivity contribution in [2.24, 2.45) is 5.92 Å². The first-order valence-electron chi connectivity index (χ1n) is 8.10. The van der Waals surface area contributed by atoms with Gasteiger partial charge in [-0.05, 0) is 45.7 Å². The van der Waals surface area contributed by atoms with Gasteiger partial charge >= 0.3 is 5.97 Å². The van der Waals surface area contributed by atoms with Gasteiger partial charge in [0, 0.05) is 25.9 Å². The quantitative estimate of drug-likeness (QED) is 0.793. The maximum Gasteiger partial charge on any atom is 0.347 e. The summed E-state index contributed by atoms with van der Waals surface area (Å²) in [6, 6.07) is 0. The Balaban J connectivity index is 1.66. The predicted molar refractivity (Wildman–Crippen MR) is 90.0 cm³/mol. The third-order valence-electron chi connectivity index (χ3n) is 4.20. The van der Waals surface area contributed by atoms with Crippen LogP contribution in [0, 0.1) is 12.8 Å². The highest BCUT2D eigenvalue weighted by Gasteiger charge is 2.18. The predicted octanol–water partition coefficient (Wildman–Crippen LogP) is 1.93. The van der Waals surface area contributed by atoms with Crippen molar-refractivity contribution in [2.45, 2.75) is 39.0 Å². The fourth-order valence-corrected chi connectivity index (χ4v) is 3.90. The lowest BCUT2D eigenvalue weighted by molar-refractivity contribution is -0.121. The lowest BCUT2D eigenvalue weighted by Crippen LogP contribution is -2.33. The molecule has 1 aliphatic rings. The molecule has 0 radical (unpaired) electrons. The van der Waals surface area contributed by atoms with E-state index in [2.05, 4.69) is 22.2 Å². The van der Waals surface area contributed by atoms with Crippen LogP contribution in [0.1, 0.15) is 46.1 Å². The van der Waals surface area contributed by atoms with Gasteiger partial charge < -0.3 is 15.3 Å². The summed E-state index contributed by atoms with van der Waals surface area (Å²) in [6.45, 7) is 4.45. The van der Waals surface area contributed by atoms with Gasteiger partial charge in [-0.1, -0.05) is 0 Å². The molecule has 0 saturated carbocycles. The minimum Gasteiger partial charge on any atom is -0.477 e. The van der Waals surface area contributed by atoms with Crippen molar-refractivity contribution in [1.29, 1.82) is 0 Å². The number of thiazole rings is 1.